The number of aromatic nitrogens is 4. The van der Waals surface area contributed by atoms with E-state index in [0.717, 1.165) is 12.1 Å². The minimum atomic E-state index is 0.363. The minimum Gasteiger partial charge on any atom is -0.397 e. The van der Waals surface area contributed by atoms with Crippen molar-refractivity contribution in [2.45, 2.75) is 19.4 Å². The van der Waals surface area contributed by atoms with Crippen molar-refractivity contribution < 1.29 is 0 Å². The van der Waals surface area contributed by atoms with Gasteiger partial charge in [-0.05, 0) is 41.3 Å². The summed E-state index contributed by atoms with van der Waals surface area (Å²) in [5.41, 5.74) is 7.01. The molecule has 0 spiro atoms. The second-order valence-corrected chi connectivity index (χ2v) is 5.27. The first-order valence-electron chi connectivity index (χ1n) is 5.66. The Kier molecular flexibility index (Phi) is 2.87. The van der Waals surface area contributed by atoms with Gasteiger partial charge in [-0.3, -0.25) is 0 Å². The predicted molar refractivity (Wildman–Crippen MR) is 70.4 cm³/mol. The molecule has 2 aromatic rings. The van der Waals surface area contributed by atoms with E-state index < -0.39 is 0 Å². The minimum absolute atomic E-state index is 0.363. The Hall–Kier alpha value is -1.33. The van der Waals surface area contributed by atoms with Gasteiger partial charge in [0, 0.05) is 12.1 Å². The Morgan fingerprint density at radius 2 is 2.11 bits per heavy atom. The molecule has 0 saturated heterocycles. The van der Waals surface area contributed by atoms with Gasteiger partial charge in [-0.2, -0.15) is 0 Å². The van der Waals surface area contributed by atoms with Crippen LogP contribution in [-0.4, -0.2) is 20.2 Å². The second-order valence-electron chi connectivity index (χ2n) is 4.49. The van der Waals surface area contributed by atoms with Crippen molar-refractivity contribution in [1.29, 1.82) is 0 Å². The highest BCUT2D eigenvalue weighted by molar-refractivity contribution is 6.43. The maximum atomic E-state index is 6.02. The lowest BCUT2D eigenvalue weighted by Gasteiger charge is -2.06. The summed E-state index contributed by atoms with van der Waals surface area (Å²) in [6.45, 7) is 0.836. The zero-order chi connectivity index (χ0) is 12.7. The molecule has 1 fully saturated rings. The molecule has 1 aliphatic carbocycles. The Labute approximate surface area is 114 Å². The molecule has 2 N–H and O–H groups in total. The fraction of sp³-hybridized carbons (Fsp3) is 0.364. The van der Waals surface area contributed by atoms with Crippen LogP contribution in [0.25, 0.3) is 11.4 Å². The standard InChI is InChI=1S/C11H11Cl2N5/c12-8-3-7(4-9(14)10(8)13)11-15-16-17-18(11)5-6-1-2-6/h3-4,6H,1-2,5,14H2. The van der Waals surface area contributed by atoms with Crippen LogP contribution < -0.4 is 5.73 Å². The largest absolute Gasteiger partial charge is 0.397 e. The number of hydrogen-bond donors (Lipinski definition) is 1. The highest BCUT2D eigenvalue weighted by atomic mass is 35.5. The molecule has 0 aliphatic heterocycles. The monoisotopic (exact) mass is 283 g/mol. The number of rotatable bonds is 3. The van der Waals surface area contributed by atoms with Gasteiger partial charge in [0.1, 0.15) is 0 Å². The number of benzene rings is 1. The van der Waals surface area contributed by atoms with Crippen molar-refractivity contribution in [2.75, 3.05) is 5.73 Å². The van der Waals surface area contributed by atoms with Crippen LogP contribution in [0.1, 0.15) is 12.8 Å². The van der Waals surface area contributed by atoms with Crippen molar-refractivity contribution in [3.05, 3.63) is 22.2 Å². The van der Waals surface area contributed by atoms with Crippen LogP contribution in [-0.2, 0) is 6.54 Å². The topological polar surface area (TPSA) is 69.6 Å². The molecule has 1 aromatic carbocycles. The van der Waals surface area contributed by atoms with Gasteiger partial charge in [0.05, 0.1) is 15.7 Å². The molecule has 18 heavy (non-hydrogen) atoms. The van der Waals surface area contributed by atoms with Gasteiger partial charge in [0.2, 0.25) is 0 Å². The van der Waals surface area contributed by atoms with Crippen molar-refractivity contribution >= 4 is 28.9 Å². The number of nitrogens with zero attached hydrogens (tertiary/aromatic N) is 4. The summed E-state index contributed by atoms with van der Waals surface area (Å²) in [6.07, 6.45) is 2.48. The Bertz CT molecular complexity index is 568. The molecule has 3 rings (SSSR count). The average Bonchev–Trinajstić information content (AvgIpc) is 3.02. The van der Waals surface area contributed by atoms with Gasteiger partial charge in [-0.25, -0.2) is 4.68 Å². The van der Waals surface area contributed by atoms with E-state index in [1.807, 2.05) is 0 Å². The van der Waals surface area contributed by atoms with Gasteiger partial charge >= 0.3 is 0 Å². The molecule has 5 nitrogen and oxygen atoms in total. The third kappa shape index (κ3) is 2.15. The van der Waals surface area contributed by atoms with E-state index in [0.29, 0.717) is 27.5 Å². The Balaban J connectivity index is 2.01. The quantitative estimate of drug-likeness (QED) is 0.880. The third-order valence-electron chi connectivity index (χ3n) is 2.97. The van der Waals surface area contributed by atoms with E-state index in [-0.39, 0.29) is 0 Å². The summed E-state index contributed by atoms with van der Waals surface area (Å²) in [5.74, 6) is 1.36. The molecule has 7 heteroatoms. The van der Waals surface area contributed by atoms with Gasteiger partial charge in [0.15, 0.2) is 5.82 Å². The average molecular weight is 284 g/mol. The summed E-state index contributed by atoms with van der Waals surface area (Å²) >= 11 is 11.9. The van der Waals surface area contributed by atoms with Crippen LogP contribution in [0, 0.1) is 5.92 Å². The summed E-state index contributed by atoms with van der Waals surface area (Å²) in [7, 11) is 0. The fourth-order valence-corrected chi connectivity index (χ4v) is 2.15. The lowest BCUT2D eigenvalue weighted by molar-refractivity contribution is 0.548. The highest BCUT2D eigenvalue weighted by Crippen LogP contribution is 2.34. The molecule has 1 aromatic heterocycles. The zero-order valence-electron chi connectivity index (χ0n) is 9.48. The molecular formula is C11H11Cl2N5. The number of nitrogen functional groups attached to an aromatic ring is 1. The van der Waals surface area contributed by atoms with Crippen molar-refractivity contribution in [2.24, 2.45) is 5.92 Å². The SMILES string of the molecule is Nc1cc(-c2nnnn2CC2CC2)cc(Cl)c1Cl. The molecule has 0 unspecified atom stereocenters. The van der Waals surface area contributed by atoms with Gasteiger partial charge in [-0.15, -0.1) is 5.10 Å². The van der Waals surface area contributed by atoms with E-state index in [1.54, 1.807) is 16.8 Å². The third-order valence-corrected chi connectivity index (χ3v) is 3.79. The number of halogens is 2. The van der Waals surface area contributed by atoms with Crippen molar-refractivity contribution in [3.63, 3.8) is 0 Å². The van der Waals surface area contributed by atoms with E-state index in [9.17, 15) is 0 Å². The van der Waals surface area contributed by atoms with E-state index >= 15 is 0 Å². The van der Waals surface area contributed by atoms with Gasteiger partial charge < -0.3 is 5.73 Å². The Morgan fingerprint density at radius 3 is 2.78 bits per heavy atom. The smallest absolute Gasteiger partial charge is 0.182 e. The first-order chi connectivity index (χ1) is 8.65. The number of tetrazole rings is 1. The lowest BCUT2D eigenvalue weighted by atomic mass is 10.2. The number of nitrogens with two attached hydrogens (primary N) is 1. The molecule has 1 heterocycles. The highest BCUT2D eigenvalue weighted by Gasteiger charge is 2.24. The lowest BCUT2D eigenvalue weighted by Crippen LogP contribution is -2.04. The molecule has 0 atom stereocenters. The molecule has 0 amide bonds. The van der Waals surface area contributed by atoms with E-state index in [2.05, 4.69) is 15.5 Å². The Morgan fingerprint density at radius 1 is 1.33 bits per heavy atom. The van der Waals surface area contributed by atoms with Crippen LogP contribution in [0.2, 0.25) is 10.0 Å². The fourth-order valence-electron chi connectivity index (χ4n) is 1.82. The molecule has 1 saturated carbocycles. The van der Waals surface area contributed by atoms with E-state index in [4.69, 9.17) is 28.9 Å². The normalized spacial score (nSPS) is 15.0. The molecule has 94 valence electrons. The van der Waals surface area contributed by atoms with E-state index in [1.165, 1.54) is 12.8 Å². The van der Waals surface area contributed by atoms with Crippen molar-refractivity contribution in [3.8, 4) is 11.4 Å². The molecular weight excluding hydrogens is 273 g/mol. The first-order valence-corrected chi connectivity index (χ1v) is 6.42. The van der Waals surface area contributed by atoms with Gasteiger partial charge in [-0.1, -0.05) is 23.2 Å². The van der Waals surface area contributed by atoms with Crippen LogP contribution in [0.4, 0.5) is 5.69 Å². The maximum Gasteiger partial charge on any atom is 0.182 e. The summed E-state index contributed by atoms with van der Waals surface area (Å²) in [6, 6.07) is 3.47. The van der Waals surface area contributed by atoms with Crippen molar-refractivity contribution in [1.82, 2.24) is 20.2 Å². The maximum absolute atomic E-state index is 6.02. The predicted octanol–water partition coefficient (Wildman–Crippen LogP) is 2.64. The van der Waals surface area contributed by atoms with Gasteiger partial charge in [0.25, 0.3) is 0 Å². The second kappa shape index (κ2) is 4.40. The van der Waals surface area contributed by atoms with Crippen LogP contribution in [0.5, 0.6) is 0 Å². The molecule has 1 aliphatic rings. The molecule has 0 bridgehead atoms. The summed E-state index contributed by atoms with van der Waals surface area (Å²) < 4.78 is 1.79. The molecule has 0 radical (unpaired) electrons. The number of anilines is 1. The zero-order valence-corrected chi connectivity index (χ0v) is 11.0. The van der Waals surface area contributed by atoms with Crippen LogP contribution >= 0.6 is 23.2 Å². The van der Waals surface area contributed by atoms with Crippen LogP contribution in [0.15, 0.2) is 12.1 Å². The number of hydrogen-bond acceptors (Lipinski definition) is 4. The summed E-state index contributed by atoms with van der Waals surface area (Å²) in [4.78, 5) is 0. The van der Waals surface area contributed by atoms with Crippen LogP contribution in [0.3, 0.4) is 0 Å². The summed E-state index contributed by atoms with van der Waals surface area (Å²) in [5, 5.41) is 12.5. The first kappa shape index (κ1) is 11.7.